The number of benzene rings is 1. The molecule has 0 saturated carbocycles. The van der Waals surface area contributed by atoms with Gasteiger partial charge in [-0.25, -0.2) is 4.68 Å². The number of fused-ring (bicyclic) bond motifs is 3. The van der Waals surface area contributed by atoms with Gasteiger partial charge < -0.3 is 9.47 Å². The molecule has 0 N–H and O–H groups in total. The SMILES string of the molecule is COc1cc2c(nnc3c2cnn3C)c(-c2cncc(C)c2)c1OC. The van der Waals surface area contributed by atoms with E-state index >= 15 is 0 Å². The Labute approximate surface area is 144 Å². The standard InChI is InChI=1S/C18H17N5O2/c1-10-5-11(8-19-7-10)15-16-12(6-14(24-3)17(15)25-4)13-9-20-23(2)18(13)22-21-16/h5-9H,1-4H3. The van der Waals surface area contributed by atoms with E-state index in [1.165, 1.54) is 0 Å². The van der Waals surface area contributed by atoms with Crippen molar-refractivity contribution in [2.45, 2.75) is 6.92 Å². The van der Waals surface area contributed by atoms with Gasteiger partial charge in [-0.15, -0.1) is 10.2 Å². The van der Waals surface area contributed by atoms with Gasteiger partial charge in [0, 0.05) is 30.4 Å². The fraction of sp³-hybridized carbons (Fsp3) is 0.222. The fourth-order valence-corrected chi connectivity index (χ4v) is 3.09. The number of rotatable bonds is 3. The van der Waals surface area contributed by atoms with E-state index in [-0.39, 0.29) is 0 Å². The molecule has 0 aliphatic carbocycles. The summed E-state index contributed by atoms with van der Waals surface area (Å²) >= 11 is 0. The Morgan fingerprint density at radius 3 is 2.52 bits per heavy atom. The summed E-state index contributed by atoms with van der Waals surface area (Å²) in [6.07, 6.45) is 5.39. The van der Waals surface area contributed by atoms with Crippen molar-refractivity contribution in [1.82, 2.24) is 25.0 Å². The van der Waals surface area contributed by atoms with Gasteiger partial charge >= 0.3 is 0 Å². The van der Waals surface area contributed by atoms with Gasteiger partial charge in [0.2, 0.25) is 0 Å². The lowest BCUT2D eigenvalue weighted by Gasteiger charge is -2.15. The van der Waals surface area contributed by atoms with Crippen molar-refractivity contribution < 1.29 is 9.47 Å². The van der Waals surface area contributed by atoms with Gasteiger partial charge in [0.05, 0.1) is 31.4 Å². The maximum atomic E-state index is 5.65. The highest BCUT2D eigenvalue weighted by atomic mass is 16.5. The van der Waals surface area contributed by atoms with Crippen molar-refractivity contribution in [2.24, 2.45) is 7.05 Å². The fourth-order valence-electron chi connectivity index (χ4n) is 3.09. The van der Waals surface area contributed by atoms with Crippen LogP contribution in [0, 0.1) is 6.92 Å². The van der Waals surface area contributed by atoms with Crippen molar-refractivity contribution in [3.05, 3.63) is 36.3 Å². The topological polar surface area (TPSA) is 75.0 Å². The molecule has 3 aromatic heterocycles. The van der Waals surface area contributed by atoms with Crippen LogP contribution in [0.15, 0.2) is 30.7 Å². The van der Waals surface area contributed by atoms with E-state index in [0.717, 1.165) is 33.0 Å². The minimum absolute atomic E-state index is 0.611. The highest BCUT2D eigenvalue weighted by molar-refractivity contribution is 6.10. The van der Waals surface area contributed by atoms with Gasteiger partial charge in [-0.1, -0.05) is 0 Å². The second kappa shape index (κ2) is 5.70. The van der Waals surface area contributed by atoms with Gasteiger partial charge in [-0.2, -0.15) is 5.10 Å². The third-order valence-electron chi connectivity index (χ3n) is 4.25. The molecule has 1 aromatic carbocycles. The average molecular weight is 335 g/mol. The lowest BCUT2D eigenvalue weighted by Crippen LogP contribution is -1.99. The Balaban J connectivity index is 2.19. The van der Waals surface area contributed by atoms with Crippen molar-refractivity contribution in [2.75, 3.05) is 14.2 Å². The van der Waals surface area contributed by atoms with Crippen molar-refractivity contribution >= 4 is 21.9 Å². The molecular formula is C18H17N5O2. The Hall–Kier alpha value is -3.22. The highest BCUT2D eigenvalue weighted by Crippen LogP contribution is 2.44. The number of pyridine rings is 1. The molecule has 0 atom stereocenters. The molecule has 0 fully saturated rings. The molecule has 0 amide bonds. The van der Waals surface area contributed by atoms with Crippen LogP contribution in [-0.2, 0) is 7.05 Å². The van der Waals surface area contributed by atoms with E-state index in [0.29, 0.717) is 17.1 Å². The zero-order valence-corrected chi connectivity index (χ0v) is 14.4. The lowest BCUT2D eigenvalue weighted by molar-refractivity contribution is 0.357. The average Bonchev–Trinajstić information content (AvgIpc) is 3.01. The zero-order chi connectivity index (χ0) is 17.6. The van der Waals surface area contributed by atoms with Crippen LogP contribution >= 0.6 is 0 Å². The molecule has 126 valence electrons. The molecule has 0 radical (unpaired) electrons. The largest absolute Gasteiger partial charge is 0.493 e. The van der Waals surface area contributed by atoms with Crippen molar-refractivity contribution in [1.29, 1.82) is 0 Å². The molecule has 0 aliphatic heterocycles. The van der Waals surface area contributed by atoms with Crippen LogP contribution in [0.2, 0.25) is 0 Å². The number of hydrogen-bond donors (Lipinski definition) is 0. The maximum Gasteiger partial charge on any atom is 0.180 e. The van der Waals surface area contributed by atoms with Crippen LogP contribution in [0.4, 0.5) is 0 Å². The van der Waals surface area contributed by atoms with E-state index in [1.54, 1.807) is 31.3 Å². The number of hydrogen-bond acceptors (Lipinski definition) is 6. The molecule has 0 saturated heterocycles. The lowest BCUT2D eigenvalue weighted by atomic mass is 9.99. The van der Waals surface area contributed by atoms with Crippen LogP contribution in [0.5, 0.6) is 11.5 Å². The smallest absolute Gasteiger partial charge is 0.180 e. The van der Waals surface area contributed by atoms with Crippen LogP contribution in [0.3, 0.4) is 0 Å². The van der Waals surface area contributed by atoms with Crippen LogP contribution < -0.4 is 9.47 Å². The van der Waals surface area contributed by atoms with Gasteiger partial charge in [0.15, 0.2) is 17.1 Å². The zero-order valence-electron chi connectivity index (χ0n) is 14.4. The molecule has 7 heteroatoms. The number of aromatic nitrogens is 5. The first kappa shape index (κ1) is 15.3. The first-order chi connectivity index (χ1) is 12.1. The summed E-state index contributed by atoms with van der Waals surface area (Å²) in [5, 5.41) is 14.9. The molecule has 3 heterocycles. The first-order valence-corrected chi connectivity index (χ1v) is 7.79. The second-order valence-corrected chi connectivity index (χ2v) is 5.84. The van der Waals surface area contributed by atoms with Crippen LogP contribution in [0.1, 0.15) is 5.56 Å². The van der Waals surface area contributed by atoms with E-state index in [4.69, 9.17) is 9.47 Å². The minimum Gasteiger partial charge on any atom is -0.493 e. The summed E-state index contributed by atoms with van der Waals surface area (Å²) in [6.45, 7) is 2.00. The quantitative estimate of drug-likeness (QED) is 0.573. The highest BCUT2D eigenvalue weighted by Gasteiger charge is 2.21. The number of ether oxygens (including phenoxy) is 2. The van der Waals surface area contributed by atoms with Gasteiger partial charge in [-0.3, -0.25) is 4.98 Å². The van der Waals surface area contributed by atoms with Gasteiger partial charge in [-0.05, 0) is 24.6 Å². The number of aryl methyl sites for hydroxylation is 2. The Morgan fingerprint density at radius 2 is 1.80 bits per heavy atom. The van der Waals surface area contributed by atoms with Crippen molar-refractivity contribution in [3.8, 4) is 22.6 Å². The maximum absolute atomic E-state index is 5.65. The van der Waals surface area contributed by atoms with Crippen LogP contribution in [-0.4, -0.2) is 39.2 Å². The van der Waals surface area contributed by atoms with E-state index < -0.39 is 0 Å². The molecule has 0 aliphatic rings. The predicted octanol–water partition coefficient (Wildman–Crippen LogP) is 2.90. The third-order valence-corrected chi connectivity index (χ3v) is 4.25. The first-order valence-electron chi connectivity index (χ1n) is 7.79. The molecule has 0 bridgehead atoms. The Morgan fingerprint density at radius 1 is 0.960 bits per heavy atom. The third kappa shape index (κ3) is 2.27. The molecule has 4 rings (SSSR count). The van der Waals surface area contributed by atoms with Gasteiger partial charge in [0.1, 0.15) is 5.52 Å². The summed E-state index contributed by atoms with van der Waals surface area (Å²) in [6, 6.07) is 3.96. The number of nitrogens with zero attached hydrogens (tertiary/aromatic N) is 5. The second-order valence-electron chi connectivity index (χ2n) is 5.84. The Bertz CT molecular complexity index is 1100. The summed E-state index contributed by atoms with van der Waals surface area (Å²) in [7, 11) is 5.08. The summed E-state index contributed by atoms with van der Waals surface area (Å²) in [5.41, 5.74) is 4.20. The molecule has 4 aromatic rings. The van der Waals surface area contributed by atoms with Crippen molar-refractivity contribution in [3.63, 3.8) is 0 Å². The van der Waals surface area contributed by atoms with E-state index in [2.05, 4.69) is 20.3 Å². The molecule has 7 nitrogen and oxygen atoms in total. The monoisotopic (exact) mass is 335 g/mol. The van der Waals surface area contributed by atoms with Crippen LogP contribution in [0.25, 0.3) is 33.1 Å². The molecule has 25 heavy (non-hydrogen) atoms. The molecular weight excluding hydrogens is 318 g/mol. The molecule has 0 unspecified atom stereocenters. The minimum atomic E-state index is 0.611. The van der Waals surface area contributed by atoms with E-state index in [1.807, 2.05) is 32.3 Å². The van der Waals surface area contributed by atoms with Gasteiger partial charge in [0.25, 0.3) is 0 Å². The number of methoxy groups -OCH3 is 2. The summed E-state index contributed by atoms with van der Waals surface area (Å²) in [4.78, 5) is 4.30. The Kier molecular flexibility index (Phi) is 3.49. The van der Waals surface area contributed by atoms with E-state index in [9.17, 15) is 0 Å². The normalized spacial score (nSPS) is 11.2. The summed E-state index contributed by atoms with van der Waals surface area (Å²) < 4.78 is 12.9. The predicted molar refractivity (Wildman–Crippen MR) is 94.9 cm³/mol. The molecule has 0 spiro atoms. The summed E-state index contributed by atoms with van der Waals surface area (Å²) in [5.74, 6) is 1.24.